The molecule has 94 valence electrons. The van der Waals surface area contributed by atoms with E-state index >= 15 is 0 Å². The van der Waals surface area contributed by atoms with E-state index in [1.54, 1.807) is 7.11 Å². The van der Waals surface area contributed by atoms with Crippen LogP contribution in [0.5, 0.6) is 5.75 Å². The van der Waals surface area contributed by atoms with E-state index in [2.05, 4.69) is 0 Å². The number of aliphatic carboxylic acids is 1. The zero-order valence-corrected chi connectivity index (χ0v) is 10.6. The van der Waals surface area contributed by atoms with E-state index in [0.29, 0.717) is 13.1 Å². The summed E-state index contributed by atoms with van der Waals surface area (Å²) in [6.45, 7) is 0.932. The first kappa shape index (κ1) is 13.8. The van der Waals surface area contributed by atoms with Crippen molar-refractivity contribution in [3.05, 3.63) is 29.8 Å². The van der Waals surface area contributed by atoms with Gasteiger partial charge in [-0.05, 0) is 24.7 Å². The smallest absolute Gasteiger partial charge is 0.322 e. The highest BCUT2D eigenvalue weighted by molar-refractivity contribution is 6.29. The highest BCUT2D eigenvalue weighted by atomic mass is 35.5. The van der Waals surface area contributed by atoms with Crippen molar-refractivity contribution in [2.24, 2.45) is 0 Å². The summed E-state index contributed by atoms with van der Waals surface area (Å²) in [6.07, 6.45) is 0. The van der Waals surface area contributed by atoms with Crippen LogP contribution in [0.2, 0.25) is 0 Å². The summed E-state index contributed by atoms with van der Waals surface area (Å²) in [4.78, 5) is 12.5. The van der Waals surface area contributed by atoms with E-state index in [4.69, 9.17) is 21.4 Å². The van der Waals surface area contributed by atoms with Gasteiger partial charge in [-0.1, -0.05) is 12.1 Å². The van der Waals surface area contributed by atoms with Gasteiger partial charge in [0.2, 0.25) is 0 Å². The summed E-state index contributed by atoms with van der Waals surface area (Å²) in [5.41, 5.74) is 1.06. The third-order valence-corrected chi connectivity index (χ3v) is 2.65. The molecule has 1 aromatic rings. The van der Waals surface area contributed by atoms with Crippen molar-refractivity contribution in [2.45, 2.75) is 11.9 Å². The first-order valence-corrected chi connectivity index (χ1v) is 5.65. The van der Waals surface area contributed by atoms with Crippen LogP contribution in [0, 0.1) is 0 Å². The molecule has 0 heterocycles. The number of carboxylic acids is 1. The fourth-order valence-corrected chi connectivity index (χ4v) is 1.73. The van der Waals surface area contributed by atoms with Gasteiger partial charge in [-0.3, -0.25) is 4.79 Å². The number of hydrogen-bond donors (Lipinski definition) is 1. The average molecular weight is 258 g/mol. The molecule has 0 saturated carbocycles. The molecule has 0 spiro atoms. The number of carbonyl (C=O) groups is 1. The Bertz CT molecular complexity index is 384. The van der Waals surface area contributed by atoms with E-state index in [1.807, 2.05) is 36.2 Å². The van der Waals surface area contributed by atoms with Crippen LogP contribution < -0.4 is 4.74 Å². The molecule has 1 aromatic carbocycles. The molecule has 17 heavy (non-hydrogen) atoms. The maximum Gasteiger partial charge on any atom is 0.322 e. The quantitative estimate of drug-likeness (QED) is 0.790. The van der Waals surface area contributed by atoms with Gasteiger partial charge < -0.3 is 14.7 Å². The summed E-state index contributed by atoms with van der Waals surface area (Å²) in [5, 5.41) is 7.82. The Morgan fingerprint density at radius 3 is 2.88 bits per heavy atom. The van der Waals surface area contributed by atoms with Crippen molar-refractivity contribution in [3.63, 3.8) is 0 Å². The van der Waals surface area contributed by atoms with Crippen LogP contribution in [0.15, 0.2) is 24.3 Å². The molecule has 0 radical (unpaired) electrons. The number of benzene rings is 1. The summed E-state index contributed by atoms with van der Waals surface area (Å²) in [6, 6.07) is 7.64. The van der Waals surface area contributed by atoms with Crippen molar-refractivity contribution >= 4 is 17.6 Å². The summed E-state index contributed by atoms with van der Waals surface area (Å²) in [7, 11) is 3.44. The molecule has 1 unspecified atom stereocenters. The lowest BCUT2D eigenvalue weighted by Gasteiger charge is -2.18. The molecule has 0 aromatic heterocycles. The van der Waals surface area contributed by atoms with Gasteiger partial charge in [0.1, 0.15) is 11.1 Å². The molecule has 0 saturated heterocycles. The van der Waals surface area contributed by atoms with Crippen LogP contribution in [-0.2, 0) is 11.3 Å². The van der Waals surface area contributed by atoms with E-state index in [9.17, 15) is 4.79 Å². The molecular weight excluding hydrogens is 242 g/mol. The van der Waals surface area contributed by atoms with Crippen molar-refractivity contribution < 1.29 is 14.6 Å². The lowest BCUT2D eigenvalue weighted by Crippen LogP contribution is -2.30. The Hall–Kier alpha value is -1.26. The van der Waals surface area contributed by atoms with Gasteiger partial charge in [0.05, 0.1) is 7.11 Å². The zero-order chi connectivity index (χ0) is 12.8. The number of alkyl halides is 1. The average Bonchev–Trinajstić information content (AvgIpc) is 2.28. The van der Waals surface area contributed by atoms with Crippen LogP contribution in [-0.4, -0.2) is 42.1 Å². The standard InChI is InChI=1S/C12H16ClNO3/c1-14(8-11(13)12(15)16)7-9-4-3-5-10(6-9)17-2/h3-6,11H,7-8H2,1-2H3,(H,15,16). The van der Waals surface area contributed by atoms with Crippen molar-refractivity contribution in [1.29, 1.82) is 0 Å². The summed E-state index contributed by atoms with van der Waals surface area (Å²) in [5.74, 6) is -0.208. The third-order valence-electron chi connectivity index (χ3n) is 2.33. The number of carboxylic acid groups (broad SMARTS) is 1. The second kappa shape index (κ2) is 6.47. The van der Waals surface area contributed by atoms with Crippen LogP contribution in [0.1, 0.15) is 5.56 Å². The van der Waals surface area contributed by atoms with Crippen LogP contribution in [0.4, 0.5) is 0 Å². The van der Waals surface area contributed by atoms with Crippen LogP contribution in [0.25, 0.3) is 0 Å². The molecule has 0 aliphatic carbocycles. The Morgan fingerprint density at radius 1 is 1.59 bits per heavy atom. The van der Waals surface area contributed by atoms with E-state index < -0.39 is 11.3 Å². The van der Waals surface area contributed by atoms with Crippen molar-refractivity contribution in [3.8, 4) is 5.75 Å². The maximum atomic E-state index is 10.6. The SMILES string of the molecule is COc1cccc(CN(C)CC(Cl)C(=O)O)c1. The van der Waals surface area contributed by atoms with Gasteiger partial charge in [-0.25, -0.2) is 0 Å². The predicted molar refractivity (Wildman–Crippen MR) is 66.6 cm³/mol. The summed E-state index contributed by atoms with van der Waals surface area (Å²) >= 11 is 5.67. The Kier molecular flexibility index (Phi) is 5.25. The van der Waals surface area contributed by atoms with Gasteiger partial charge in [0.25, 0.3) is 0 Å². The maximum absolute atomic E-state index is 10.6. The number of methoxy groups -OCH3 is 1. The minimum atomic E-state index is -0.996. The van der Waals surface area contributed by atoms with Gasteiger partial charge >= 0.3 is 5.97 Å². The molecule has 4 nitrogen and oxygen atoms in total. The molecule has 0 fully saturated rings. The first-order valence-electron chi connectivity index (χ1n) is 5.21. The third kappa shape index (κ3) is 4.63. The zero-order valence-electron chi connectivity index (χ0n) is 9.89. The fourth-order valence-electron chi connectivity index (χ4n) is 1.50. The number of rotatable bonds is 6. The lowest BCUT2D eigenvalue weighted by atomic mass is 10.2. The minimum absolute atomic E-state index is 0.300. The topological polar surface area (TPSA) is 49.8 Å². The van der Waals surface area contributed by atoms with Crippen molar-refractivity contribution in [1.82, 2.24) is 4.90 Å². The summed E-state index contributed by atoms with van der Waals surface area (Å²) < 4.78 is 5.12. The molecule has 0 aliphatic heterocycles. The Labute approximate surface area is 106 Å². The number of halogens is 1. The minimum Gasteiger partial charge on any atom is -0.497 e. The van der Waals surface area contributed by atoms with Gasteiger partial charge in [0, 0.05) is 13.1 Å². The number of hydrogen-bond acceptors (Lipinski definition) is 3. The van der Waals surface area contributed by atoms with E-state index in [0.717, 1.165) is 11.3 Å². The lowest BCUT2D eigenvalue weighted by molar-refractivity contribution is -0.136. The fraction of sp³-hybridized carbons (Fsp3) is 0.417. The Balaban J connectivity index is 2.55. The molecule has 1 N–H and O–H groups in total. The first-order chi connectivity index (χ1) is 8.02. The van der Waals surface area contributed by atoms with Gasteiger partial charge in [-0.2, -0.15) is 0 Å². The largest absolute Gasteiger partial charge is 0.497 e. The van der Waals surface area contributed by atoms with Crippen LogP contribution >= 0.6 is 11.6 Å². The highest BCUT2D eigenvalue weighted by Gasteiger charge is 2.15. The molecule has 1 rings (SSSR count). The number of nitrogens with zero attached hydrogens (tertiary/aromatic N) is 1. The molecule has 0 amide bonds. The molecule has 0 bridgehead atoms. The molecular formula is C12H16ClNO3. The van der Waals surface area contributed by atoms with E-state index in [1.165, 1.54) is 0 Å². The highest BCUT2D eigenvalue weighted by Crippen LogP contribution is 2.14. The Morgan fingerprint density at radius 2 is 2.29 bits per heavy atom. The predicted octanol–water partition coefficient (Wildman–Crippen LogP) is 1.82. The van der Waals surface area contributed by atoms with Crippen molar-refractivity contribution in [2.75, 3.05) is 20.7 Å². The second-order valence-electron chi connectivity index (χ2n) is 3.85. The molecule has 1 atom stereocenters. The normalized spacial score (nSPS) is 12.5. The van der Waals surface area contributed by atoms with Crippen LogP contribution in [0.3, 0.4) is 0 Å². The second-order valence-corrected chi connectivity index (χ2v) is 4.38. The van der Waals surface area contributed by atoms with Gasteiger partial charge in [-0.15, -0.1) is 11.6 Å². The molecule has 5 heteroatoms. The van der Waals surface area contributed by atoms with Gasteiger partial charge in [0.15, 0.2) is 0 Å². The monoisotopic (exact) mass is 257 g/mol. The molecule has 0 aliphatic rings. The van der Waals surface area contributed by atoms with E-state index in [-0.39, 0.29) is 0 Å². The number of ether oxygens (including phenoxy) is 1.